The molecule has 2 atom stereocenters. The zero-order valence-corrected chi connectivity index (χ0v) is 23.0. The van der Waals surface area contributed by atoms with Crippen LogP contribution in [0.15, 0.2) is 72.8 Å². The number of piperidine rings is 1. The minimum absolute atomic E-state index is 0.0530. The number of rotatable bonds is 10. The molecule has 0 aromatic heterocycles. The second-order valence-corrected chi connectivity index (χ2v) is 11.0. The maximum atomic E-state index is 14.0. The molecule has 1 fully saturated rings. The number of likely N-dealkylation sites (tertiary alicyclic amines) is 1. The van der Waals surface area contributed by atoms with Gasteiger partial charge in [-0.25, -0.2) is 9.18 Å². The highest BCUT2D eigenvalue weighted by Crippen LogP contribution is 2.36. The molecular weight excluding hydrogens is 541 g/mol. The number of nitrogens with one attached hydrogen (secondary N) is 2. The van der Waals surface area contributed by atoms with Gasteiger partial charge in [-0.15, -0.1) is 0 Å². The van der Waals surface area contributed by atoms with Gasteiger partial charge < -0.3 is 29.0 Å². The Balaban J connectivity index is 1.48. The normalized spacial score (nSPS) is 19.1. The molecule has 0 radical (unpaired) electrons. The highest BCUT2D eigenvalue weighted by molar-refractivity contribution is 7.85. The van der Waals surface area contributed by atoms with Crippen molar-refractivity contribution < 1.29 is 36.4 Å². The highest BCUT2D eigenvalue weighted by Gasteiger charge is 2.41. The van der Waals surface area contributed by atoms with Gasteiger partial charge in [-0.3, -0.25) is 0 Å². The number of carbonyl (C=O) groups is 1. The van der Waals surface area contributed by atoms with Crippen molar-refractivity contribution in [3.8, 4) is 17.2 Å². The number of nitrogens with zero attached hydrogens (tertiary/aromatic N) is 1. The van der Waals surface area contributed by atoms with Crippen LogP contribution >= 0.6 is 0 Å². The summed E-state index contributed by atoms with van der Waals surface area (Å²) in [6.45, 7) is 2.08. The van der Waals surface area contributed by atoms with E-state index < -0.39 is 33.5 Å². The molecular formula is C28H32FN3O7S. The van der Waals surface area contributed by atoms with Gasteiger partial charge in [0.05, 0.1) is 12.6 Å². The van der Waals surface area contributed by atoms with E-state index in [1.807, 2.05) is 37.3 Å². The monoisotopic (exact) mass is 573 g/mol. The Morgan fingerprint density at radius 1 is 1.10 bits per heavy atom. The van der Waals surface area contributed by atoms with Crippen molar-refractivity contribution in [2.75, 3.05) is 25.5 Å². The Kier molecular flexibility index (Phi) is 9.00. The van der Waals surface area contributed by atoms with Crippen molar-refractivity contribution in [1.29, 1.82) is 0 Å². The van der Waals surface area contributed by atoms with E-state index in [1.54, 1.807) is 17.0 Å². The number of methoxy groups -OCH3 is 1. The molecule has 1 amide bonds. The van der Waals surface area contributed by atoms with E-state index in [4.69, 9.17) is 13.7 Å². The SMILES string of the molecule is COc1cccc(OS(=O)(=O)NC[C@@]2(Nc3cccc(F)c3)CCN(C(=O)OCc3ccccc3)[C@@H](C)C2)c1O. The Morgan fingerprint density at radius 2 is 1.82 bits per heavy atom. The van der Waals surface area contributed by atoms with Crippen LogP contribution in [0.2, 0.25) is 0 Å². The van der Waals surface area contributed by atoms with Crippen LogP contribution in [0.3, 0.4) is 0 Å². The lowest BCUT2D eigenvalue weighted by molar-refractivity contribution is 0.0596. The lowest BCUT2D eigenvalue weighted by Crippen LogP contribution is -2.59. The molecule has 0 bridgehead atoms. The zero-order chi connectivity index (χ0) is 28.8. The molecule has 1 saturated heterocycles. The Labute approximate surface area is 232 Å². The van der Waals surface area contributed by atoms with Gasteiger partial charge in [0.25, 0.3) is 0 Å². The van der Waals surface area contributed by atoms with E-state index in [0.717, 1.165) is 5.56 Å². The number of para-hydroxylation sites is 1. The molecule has 0 unspecified atom stereocenters. The van der Waals surface area contributed by atoms with Gasteiger partial charge in [-0.05, 0) is 55.7 Å². The molecule has 4 rings (SSSR count). The van der Waals surface area contributed by atoms with Crippen LogP contribution in [0.25, 0.3) is 0 Å². The number of carbonyl (C=O) groups excluding carboxylic acids is 1. The number of anilines is 1. The number of hydrogen-bond donors (Lipinski definition) is 3. The molecule has 10 nitrogen and oxygen atoms in total. The maximum Gasteiger partial charge on any atom is 0.410 e. The summed E-state index contributed by atoms with van der Waals surface area (Å²) in [6.07, 6.45) is 0.158. The second-order valence-electron chi connectivity index (χ2n) is 9.62. The number of halogens is 1. The zero-order valence-electron chi connectivity index (χ0n) is 22.2. The van der Waals surface area contributed by atoms with Crippen LogP contribution < -0.4 is 19.0 Å². The largest absolute Gasteiger partial charge is 0.502 e. The van der Waals surface area contributed by atoms with E-state index in [0.29, 0.717) is 18.5 Å². The standard InChI is InChI=1S/C28H32FN3O7S/c1-20-17-28(31-23-11-6-10-22(29)16-23,14-15-32(20)27(34)38-18-21-8-4-3-5-9-21)19-30-40(35,36)39-25-13-7-12-24(37-2)26(25)33/h3-13,16,20,30-31,33H,14-15,17-19H2,1-2H3/t20-,28+/m0/s1. The van der Waals surface area contributed by atoms with Gasteiger partial charge in [-0.2, -0.15) is 13.1 Å². The molecule has 12 heteroatoms. The average Bonchev–Trinajstić information content (AvgIpc) is 2.92. The van der Waals surface area contributed by atoms with Gasteiger partial charge in [0, 0.05) is 24.8 Å². The van der Waals surface area contributed by atoms with Crippen molar-refractivity contribution >= 4 is 22.1 Å². The van der Waals surface area contributed by atoms with Gasteiger partial charge in [0.1, 0.15) is 12.4 Å². The predicted molar refractivity (Wildman–Crippen MR) is 147 cm³/mol. The lowest BCUT2D eigenvalue weighted by Gasteiger charge is -2.46. The van der Waals surface area contributed by atoms with E-state index in [-0.39, 0.29) is 37.2 Å². The first kappa shape index (κ1) is 29.0. The van der Waals surface area contributed by atoms with Crippen molar-refractivity contribution in [3.05, 3.63) is 84.2 Å². The lowest BCUT2D eigenvalue weighted by atomic mass is 9.83. The molecule has 1 aliphatic rings. The van der Waals surface area contributed by atoms with Gasteiger partial charge in [-0.1, -0.05) is 42.5 Å². The molecule has 40 heavy (non-hydrogen) atoms. The van der Waals surface area contributed by atoms with E-state index >= 15 is 0 Å². The molecule has 0 saturated carbocycles. The summed E-state index contributed by atoms with van der Waals surface area (Å²) in [6, 6.07) is 19.0. The van der Waals surface area contributed by atoms with E-state index in [2.05, 4.69) is 10.0 Å². The second kappa shape index (κ2) is 12.4. The topological polar surface area (TPSA) is 126 Å². The number of phenols is 1. The van der Waals surface area contributed by atoms with Crippen LogP contribution in [0.5, 0.6) is 17.2 Å². The fourth-order valence-electron chi connectivity index (χ4n) is 4.71. The minimum atomic E-state index is -4.39. The smallest absolute Gasteiger partial charge is 0.410 e. The number of phenolic OH excluding ortho intramolecular Hbond substituents is 1. The minimum Gasteiger partial charge on any atom is -0.502 e. The van der Waals surface area contributed by atoms with Crippen molar-refractivity contribution in [2.45, 2.75) is 38.0 Å². The highest BCUT2D eigenvalue weighted by atomic mass is 32.2. The summed E-state index contributed by atoms with van der Waals surface area (Å²) in [5.74, 6) is -1.16. The van der Waals surface area contributed by atoms with Crippen LogP contribution in [0, 0.1) is 5.82 Å². The summed E-state index contributed by atoms with van der Waals surface area (Å²) in [5, 5.41) is 13.5. The number of amides is 1. The van der Waals surface area contributed by atoms with Gasteiger partial charge in [0.15, 0.2) is 11.5 Å². The molecule has 0 spiro atoms. The van der Waals surface area contributed by atoms with Crippen LogP contribution in [0.1, 0.15) is 25.3 Å². The fraction of sp³-hybridized carbons (Fsp3) is 0.321. The molecule has 1 heterocycles. The van der Waals surface area contributed by atoms with Gasteiger partial charge in [0.2, 0.25) is 5.75 Å². The van der Waals surface area contributed by atoms with Crippen molar-refractivity contribution in [1.82, 2.24) is 9.62 Å². The van der Waals surface area contributed by atoms with Crippen molar-refractivity contribution in [2.24, 2.45) is 0 Å². The molecule has 1 aliphatic heterocycles. The molecule has 214 valence electrons. The van der Waals surface area contributed by atoms with Crippen LogP contribution in [-0.4, -0.2) is 56.3 Å². The third-order valence-corrected chi connectivity index (χ3v) is 7.59. The molecule has 0 aliphatic carbocycles. The number of aromatic hydroxyl groups is 1. The summed E-state index contributed by atoms with van der Waals surface area (Å²) < 4.78 is 57.7. The van der Waals surface area contributed by atoms with Gasteiger partial charge >= 0.3 is 16.4 Å². The van der Waals surface area contributed by atoms with Crippen LogP contribution in [-0.2, 0) is 21.6 Å². The molecule has 3 aromatic rings. The third-order valence-electron chi connectivity index (χ3n) is 6.69. The first-order chi connectivity index (χ1) is 19.1. The quantitative estimate of drug-likeness (QED) is 0.325. The van der Waals surface area contributed by atoms with E-state index in [1.165, 1.54) is 37.4 Å². The summed E-state index contributed by atoms with van der Waals surface area (Å²) in [4.78, 5) is 14.5. The summed E-state index contributed by atoms with van der Waals surface area (Å²) >= 11 is 0. The van der Waals surface area contributed by atoms with Crippen molar-refractivity contribution in [3.63, 3.8) is 0 Å². The third kappa shape index (κ3) is 7.33. The fourth-order valence-corrected chi connectivity index (χ4v) is 5.59. The first-order valence-corrected chi connectivity index (χ1v) is 14.1. The van der Waals surface area contributed by atoms with E-state index in [9.17, 15) is 22.7 Å². The average molecular weight is 574 g/mol. The number of hydrogen-bond acceptors (Lipinski definition) is 8. The Hall–Kier alpha value is -4.03. The Morgan fingerprint density at radius 3 is 2.52 bits per heavy atom. The molecule has 3 N–H and O–H groups in total. The first-order valence-electron chi connectivity index (χ1n) is 12.7. The summed E-state index contributed by atoms with van der Waals surface area (Å²) in [7, 11) is -3.06. The van der Waals surface area contributed by atoms with Crippen LogP contribution in [0.4, 0.5) is 14.9 Å². The molecule has 3 aromatic carbocycles. The maximum absolute atomic E-state index is 14.0. The number of ether oxygens (including phenoxy) is 2. The number of benzene rings is 3. The Bertz CT molecular complexity index is 1420. The summed E-state index contributed by atoms with van der Waals surface area (Å²) in [5.41, 5.74) is 0.410. The predicted octanol–water partition coefficient (Wildman–Crippen LogP) is 4.43.